The second-order valence-corrected chi connectivity index (χ2v) is 8.40. The van der Waals surface area contributed by atoms with Crippen LogP contribution in [0.2, 0.25) is 0 Å². The number of rotatable bonds is 7. The molecule has 3 aromatic rings. The highest BCUT2D eigenvalue weighted by molar-refractivity contribution is 7.76. The maximum atomic E-state index is 14.0. The lowest BCUT2D eigenvalue weighted by Gasteiger charge is -2.25. The van der Waals surface area contributed by atoms with E-state index in [4.69, 9.17) is 0 Å². The quantitative estimate of drug-likeness (QED) is 0.394. The molecule has 0 aliphatic rings. The average molecular weight is 366 g/mol. The van der Waals surface area contributed by atoms with Crippen LogP contribution in [0.25, 0.3) is 0 Å². The molecule has 0 unspecified atom stereocenters. The van der Waals surface area contributed by atoms with Gasteiger partial charge in [0, 0.05) is 15.5 Å². The zero-order chi connectivity index (χ0) is 18.4. The lowest BCUT2D eigenvalue weighted by atomic mass is 10.1. The molecule has 5 nitrogen and oxygen atoms in total. The first-order valence-corrected chi connectivity index (χ1v) is 9.96. The minimum atomic E-state index is -3.26. The minimum Gasteiger partial charge on any atom is -0.296 e. The normalized spacial score (nSPS) is 12.5. The molecule has 1 N–H and O–H groups in total. The maximum absolute atomic E-state index is 14.0. The third kappa shape index (κ3) is 4.07. The van der Waals surface area contributed by atoms with Gasteiger partial charge in [-0.1, -0.05) is 66.7 Å². The van der Waals surface area contributed by atoms with Gasteiger partial charge in [-0.05, 0) is 29.8 Å². The van der Waals surface area contributed by atoms with Crippen molar-refractivity contribution in [3.63, 3.8) is 0 Å². The monoisotopic (exact) mass is 366 g/mol. The molecule has 6 heteroatoms. The lowest BCUT2D eigenvalue weighted by molar-refractivity contribution is -0.483. The molecule has 0 saturated carbocycles. The molecule has 132 valence electrons. The van der Waals surface area contributed by atoms with Gasteiger partial charge in [-0.2, -0.15) is 0 Å². The molecule has 0 amide bonds. The highest BCUT2D eigenvalue weighted by Gasteiger charge is 2.32. The number of nitrogens with zero attached hydrogens (tertiary/aromatic N) is 1. The molecule has 0 aliphatic heterocycles. The number of hydrogen-bond acceptors (Lipinski definition) is 3. The zero-order valence-corrected chi connectivity index (χ0v) is 15.0. The molecule has 0 aromatic heterocycles. The second-order valence-electron chi connectivity index (χ2n) is 5.89. The number of nitrogens with one attached hydrogen (secondary N) is 1. The molecule has 26 heavy (non-hydrogen) atoms. The predicted octanol–water partition coefficient (Wildman–Crippen LogP) is 3.52. The Balaban J connectivity index is 2.07. The van der Waals surface area contributed by atoms with Crippen molar-refractivity contribution in [1.29, 1.82) is 0 Å². The SMILES string of the molecule is O=[N+]([O-])C[C@H](NP(=O)(c1ccccc1)c1ccccc1)c1ccccc1. The molecule has 0 radical (unpaired) electrons. The van der Waals surface area contributed by atoms with E-state index in [0.29, 0.717) is 10.6 Å². The molecule has 0 aliphatic carbocycles. The van der Waals surface area contributed by atoms with Crippen molar-refractivity contribution in [3.05, 3.63) is 107 Å². The predicted molar refractivity (Wildman–Crippen MR) is 104 cm³/mol. The topological polar surface area (TPSA) is 72.2 Å². The van der Waals surface area contributed by atoms with Crippen LogP contribution in [0, 0.1) is 10.1 Å². The molecular formula is C20H19N2O3P. The second kappa shape index (κ2) is 8.09. The fraction of sp³-hybridized carbons (Fsp3) is 0.100. The Labute approximate surface area is 152 Å². The number of hydrogen-bond donors (Lipinski definition) is 1. The van der Waals surface area contributed by atoms with Gasteiger partial charge in [0.05, 0.1) is 0 Å². The fourth-order valence-corrected chi connectivity index (χ4v) is 5.30. The van der Waals surface area contributed by atoms with Crippen molar-refractivity contribution in [2.75, 3.05) is 6.54 Å². The van der Waals surface area contributed by atoms with E-state index < -0.39 is 13.3 Å². The van der Waals surface area contributed by atoms with Gasteiger partial charge in [0.25, 0.3) is 0 Å². The summed E-state index contributed by atoms with van der Waals surface area (Å²) in [6, 6.07) is 26.6. The van der Waals surface area contributed by atoms with E-state index in [9.17, 15) is 14.7 Å². The fourth-order valence-electron chi connectivity index (χ4n) is 2.85. The van der Waals surface area contributed by atoms with Crippen molar-refractivity contribution in [1.82, 2.24) is 5.09 Å². The van der Waals surface area contributed by atoms with E-state index in [0.717, 1.165) is 5.56 Å². The summed E-state index contributed by atoms with van der Waals surface area (Å²) in [5, 5.41) is 15.6. The summed E-state index contributed by atoms with van der Waals surface area (Å²) in [6.45, 7) is -0.354. The molecule has 0 heterocycles. The molecule has 3 rings (SSSR count). The number of benzene rings is 3. The first-order valence-electron chi connectivity index (χ1n) is 8.25. The van der Waals surface area contributed by atoms with E-state index in [1.165, 1.54) is 0 Å². The van der Waals surface area contributed by atoms with Gasteiger partial charge in [-0.3, -0.25) is 14.7 Å². The van der Waals surface area contributed by atoms with Gasteiger partial charge in [0.2, 0.25) is 13.8 Å². The molecule has 0 bridgehead atoms. The summed E-state index contributed by atoms with van der Waals surface area (Å²) in [6.07, 6.45) is 0. The molecule has 0 spiro atoms. The van der Waals surface area contributed by atoms with Gasteiger partial charge < -0.3 is 0 Å². The number of nitro groups is 1. The van der Waals surface area contributed by atoms with Crippen LogP contribution in [0.5, 0.6) is 0 Å². The van der Waals surface area contributed by atoms with Crippen LogP contribution in [0.4, 0.5) is 0 Å². The van der Waals surface area contributed by atoms with Crippen LogP contribution in [0.15, 0.2) is 91.0 Å². The third-order valence-corrected chi connectivity index (χ3v) is 6.84. The molecule has 0 fully saturated rings. The van der Waals surface area contributed by atoms with Crippen LogP contribution in [0.3, 0.4) is 0 Å². The molecular weight excluding hydrogens is 347 g/mol. The third-order valence-electron chi connectivity index (χ3n) is 4.11. The molecule has 0 saturated heterocycles. The summed E-state index contributed by atoms with van der Waals surface area (Å²) in [7, 11) is -3.26. The van der Waals surface area contributed by atoms with Gasteiger partial charge >= 0.3 is 0 Å². The Morgan fingerprint density at radius 2 is 1.23 bits per heavy atom. The summed E-state index contributed by atoms with van der Waals surface area (Å²) in [5.41, 5.74) is 0.733. The smallest absolute Gasteiger partial charge is 0.223 e. The standard InChI is InChI=1S/C20H19N2O3P/c23-22(24)16-20(17-10-4-1-5-11-17)21-26(25,18-12-6-2-7-13-18)19-14-8-3-9-15-19/h1-15,20H,16H2,(H,21,25)/t20-/m0/s1. The highest BCUT2D eigenvalue weighted by Crippen LogP contribution is 2.41. The van der Waals surface area contributed by atoms with Crippen molar-refractivity contribution >= 4 is 17.9 Å². The summed E-state index contributed by atoms with van der Waals surface area (Å²) in [4.78, 5) is 10.8. The van der Waals surface area contributed by atoms with Crippen LogP contribution in [-0.4, -0.2) is 11.5 Å². The largest absolute Gasteiger partial charge is 0.296 e. The van der Waals surface area contributed by atoms with Gasteiger partial charge in [-0.25, -0.2) is 5.09 Å². The van der Waals surface area contributed by atoms with E-state index >= 15 is 0 Å². The Kier molecular flexibility index (Phi) is 5.61. The summed E-state index contributed by atoms with van der Waals surface area (Å²) >= 11 is 0. The van der Waals surface area contributed by atoms with E-state index in [-0.39, 0.29) is 11.5 Å². The minimum absolute atomic E-state index is 0.354. The van der Waals surface area contributed by atoms with Gasteiger partial charge in [0.15, 0.2) is 0 Å². The zero-order valence-electron chi connectivity index (χ0n) is 14.1. The summed E-state index contributed by atoms with van der Waals surface area (Å²) < 4.78 is 14.0. The first kappa shape index (κ1) is 18.1. The van der Waals surface area contributed by atoms with Crippen LogP contribution in [0.1, 0.15) is 11.6 Å². The Morgan fingerprint density at radius 3 is 1.65 bits per heavy atom. The van der Waals surface area contributed by atoms with Crippen LogP contribution < -0.4 is 15.7 Å². The summed E-state index contributed by atoms with van der Waals surface area (Å²) in [5.74, 6) is 0. The van der Waals surface area contributed by atoms with Crippen molar-refractivity contribution < 1.29 is 9.49 Å². The van der Waals surface area contributed by atoms with Crippen molar-refractivity contribution in [2.45, 2.75) is 6.04 Å². The van der Waals surface area contributed by atoms with Gasteiger partial charge in [-0.15, -0.1) is 0 Å². The lowest BCUT2D eigenvalue weighted by Crippen LogP contribution is -2.33. The van der Waals surface area contributed by atoms with Crippen LogP contribution in [-0.2, 0) is 4.57 Å². The first-order chi connectivity index (χ1) is 12.6. The Bertz CT molecular complexity index is 859. The molecule has 3 aromatic carbocycles. The van der Waals surface area contributed by atoms with Gasteiger partial charge in [0.1, 0.15) is 6.04 Å². The van der Waals surface area contributed by atoms with E-state index in [1.54, 1.807) is 24.3 Å². The van der Waals surface area contributed by atoms with E-state index in [2.05, 4.69) is 5.09 Å². The Morgan fingerprint density at radius 1 is 0.808 bits per heavy atom. The average Bonchev–Trinajstić information content (AvgIpc) is 2.69. The maximum Gasteiger partial charge on any atom is 0.223 e. The van der Waals surface area contributed by atoms with Crippen molar-refractivity contribution in [2.24, 2.45) is 0 Å². The highest BCUT2D eigenvalue weighted by atomic mass is 31.2. The molecule has 1 atom stereocenters. The van der Waals surface area contributed by atoms with Crippen LogP contribution >= 0.6 is 7.29 Å². The van der Waals surface area contributed by atoms with E-state index in [1.807, 2.05) is 66.7 Å². The van der Waals surface area contributed by atoms with Crippen molar-refractivity contribution in [3.8, 4) is 0 Å². The Hall–Kier alpha value is -2.75.